The minimum atomic E-state index is 0.0281. The van der Waals surface area contributed by atoms with Gasteiger partial charge < -0.3 is 0 Å². The van der Waals surface area contributed by atoms with Gasteiger partial charge >= 0.3 is 0 Å². The number of para-hydroxylation sites is 6. The van der Waals surface area contributed by atoms with E-state index in [0.717, 1.165) is 33.2 Å². The van der Waals surface area contributed by atoms with Crippen LogP contribution in [0.1, 0.15) is 22.6 Å². The minimum Gasteiger partial charge on any atom is -0.298 e. The van der Waals surface area contributed by atoms with E-state index in [-0.39, 0.29) is 22.8 Å². The Labute approximate surface area is 249 Å². The highest BCUT2D eigenvalue weighted by atomic mass is 14.9. The van der Waals surface area contributed by atoms with Crippen LogP contribution in [0.4, 0.5) is 0 Å². The third-order valence-electron chi connectivity index (χ3n) is 7.60. The third-order valence-corrected chi connectivity index (χ3v) is 7.60. The summed E-state index contributed by atoms with van der Waals surface area (Å²) >= 11 is 0. The maximum absolute atomic E-state index is 8.30. The van der Waals surface area contributed by atoms with Crippen LogP contribution in [0.3, 0.4) is 0 Å². The maximum Gasteiger partial charge on any atom is 0.120 e. The quantitative estimate of drug-likeness (QED) is 0.174. The molecule has 0 unspecified atom stereocenters. The molecule has 2 aliphatic rings. The lowest BCUT2D eigenvalue weighted by Crippen LogP contribution is -2.25. The van der Waals surface area contributed by atoms with Gasteiger partial charge in [-0.25, -0.2) is 29.9 Å². The molecular formula is C34H20N10. The fraction of sp³-hybridized carbons (Fsp3) is 0. The Morgan fingerprint density at radius 1 is 0.273 bits per heavy atom. The van der Waals surface area contributed by atoms with Crippen molar-refractivity contribution >= 4 is 55.9 Å². The first-order valence-electron chi connectivity index (χ1n) is 13.7. The monoisotopic (exact) mass is 568 g/mol. The maximum atomic E-state index is 8.30. The molecule has 0 fully saturated rings. The van der Waals surface area contributed by atoms with Crippen LogP contribution >= 0.6 is 0 Å². The highest BCUT2D eigenvalue weighted by Gasteiger charge is 2.31. The molecule has 4 aromatic carbocycles. The van der Waals surface area contributed by atoms with Crippen LogP contribution in [0.25, 0.3) is 55.7 Å². The average Bonchev–Trinajstić information content (AvgIpc) is 3.08. The summed E-state index contributed by atoms with van der Waals surface area (Å²) in [5.74, 6) is 0. The van der Waals surface area contributed by atoms with Gasteiger partial charge in [-0.3, -0.25) is 21.6 Å². The second-order valence-electron chi connectivity index (χ2n) is 10.3. The predicted molar refractivity (Wildman–Crippen MR) is 170 cm³/mol. The zero-order chi connectivity index (χ0) is 29.9. The summed E-state index contributed by atoms with van der Waals surface area (Å²) in [6.07, 6.45) is 0. The smallest absolute Gasteiger partial charge is 0.120 e. The van der Waals surface area contributed by atoms with E-state index in [0.29, 0.717) is 45.2 Å². The van der Waals surface area contributed by atoms with Gasteiger partial charge in [0, 0.05) is 11.1 Å². The van der Waals surface area contributed by atoms with Crippen LogP contribution in [0.15, 0.2) is 97.1 Å². The second kappa shape index (κ2) is 9.57. The van der Waals surface area contributed by atoms with E-state index in [4.69, 9.17) is 21.6 Å². The number of nitrogens with zero attached hydrogens (tertiary/aromatic N) is 6. The summed E-state index contributed by atoms with van der Waals surface area (Å²) in [7, 11) is 0. The molecule has 7 aromatic rings. The van der Waals surface area contributed by atoms with E-state index in [1.54, 1.807) is 0 Å². The fourth-order valence-corrected chi connectivity index (χ4v) is 5.44. The summed E-state index contributed by atoms with van der Waals surface area (Å²) in [6, 6.07) is 30.2. The van der Waals surface area contributed by atoms with Crippen molar-refractivity contribution in [2.75, 3.05) is 0 Å². The van der Waals surface area contributed by atoms with Gasteiger partial charge in [-0.1, -0.05) is 60.7 Å². The molecule has 9 rings (SSSR count). The van der Waals surface area contributed by atoms with Gasteiger partial charge in [0.15, 0.2) is 0 Å². The molecule has 206 valence electrons. The Kier molecular flexibility index (Phi) is 5.50. The van der Waals surface area contributed by atoms with Crippen LogP contribution in [-0.2, 0) is 0 Å². The molecule has 0 saturated carbocycles. The SMILES string of the molecule is N=C1C(=N)c2nc3ccccc3nc2-c2ccccc21.N=C1C(=N)c2nc3ccccc3nc2-c2nc3ccccc3nc21. The molecule has 0 atom stereocenters. The van der Waals surface area contributed by atoms with Crippen LogP contribution < -0.4 is 0 Å². The van der Waals surface area contributed by atoms with Crippen molar-refractivity contribution < 1.29 is 0 Å². The number of benzene rings is 4. The largest absolute Gasteiger partial charge is 0.298 e. The Bertz CT molecular complexity index is 2330. The third kappa shape index (κ3) is 3.82. The van der Waals surface area contributed by atoms with Gasteiger partial charge in [-0.15, -0.1) is 0 Å². The van der Waals surface area contributed by atoms with E-state index in [9.17, 15) is 0 Å². The molecule has 3 aromatic heterocycles. The fourth-order valence-electron chi connectivity index (χ4n) is 5.44. The van der Waals surface area contributed by atoms with Gasteiger partial charge in [0.25, 0.3) is 0 Å². The molecular weight excluding hydrogens is 548 g/mol. The van der Waals surface area contributed by atoms with Crippen LogP contribution in [0.2, 0.25) is 0 Å². The molecule has 0 aliphatic heterocycles. The second-order valence-corrected chi connectivity index (χ2v) is 10.3. The van der Waals surface area contributed by atoms with Crippen molar-refractivity contribution in [1.82, 2.24) is 29.9 Å². The van der Waals surface area contributed by atoms with E-state index in [2.05, 4.69) is 29.9 Å². The number of hydrogen-bond donors (Lipinski definition) is 4. The van der Waals surface area contributed by atoms with Gasteiger partial charge in [0.2, 0.25) is 0 Å². The zero-order valence-corrected chi connectivity index (χ0v) is 22.9. The lowest BCUT2D eigenvalue weighted by molar-refractivity contribution is 1.17. The summed E-state index contributed by atoms with van der Waals surface area (Å²) in [6.45, 7) is 0. The molecule has 2 aliphatic carbocycles. The lowest BCUT2D eigenvalue weighted by Gasteiger charge is -2.19. The summed E-state index contributed by atoms with van der Waals surface area (Å²) in [4.78, 5) is 27.5. The number of nitrogens with one attached hydrogen (secondary N) is 4. The van der Waals surface area contributed by atoms with Crippen molar-refractivity contribution in [1.29, 1.82) is 21.6 Å². The van der Waals surface area contributed by atoms with Crippen molar-refractivity contribution in [3.05, 3.63) is 120 Å². The number of aromatic nitrogens is 6. The Morgan fingerprint density at radius 2 is 0.545 bits per heavy atom. The Balaban J connectivity index is 0.000000134. The molecule has 3 heterocycles. The highest BCUT2D eigenvalue weighted by molar-refractivity contribution is 6.54. The summed E-state index contributed by atoms with van der Waals surface area (Å²) in [5, 5.41) is 32.9. The van der Waals surface area contributed by atoms with Crippen molar-refractivity contribution in [3.8, 4) is 22.6 Å². The molecule has 4 N–H and O–H groups in total. The highest BCUT2D eigenvalue weighted by Crippen LogP contribution is 2.33. The molecule has 10 heteroatoms. The standard InChI is InChI=1S/C18H10N6.C16H10N4/c19-13-14(20)16-18(24-12-8-4-2-6-10(12)22-16)17-15(13)21-9-5-1-3-7-11(9)23-17;17-13-9-5-1-2-6-10(9)15-16(14(13)18)20-12-8-4-3-7-11(12)19-15/h1-8,19-20H;1-8,17-18H. The molecule has 0 spiro atoms. The number of hydrogen-bond acceptors (Lipinski definition) is 10. The minimum absolute atomic E-state index is 0.0281. The summed E-state index contributed by atoms with van der Waals surface area (Å²) in [5.41, 5.74) is 9.44. The molecule has 44 heavy (non-hydrogen) atoms. The predicted octanol–water partition coefficient (Wildman–Crippen LogP) is 6.04. The van der Waals surface area contributed by atoms with Gasteiger partial charge in [0.1, 0.15) is 45.6 Å². The van der Waals surface area contributed by atoms with Crippen molar-refractivity contribution in [3.63, 3.8) is 0 Å². The Morgan fingerprint density at radius 3 is 0.955 bits per heavy atom. The molecule has 0 radical (unpaired) electrons. The molecule has 0 bridgehead atoms. The Hall–Kier alpha value is -6.42. The molecule has 0 amide bonds. The topological polar surface area (TPSA) is 173 Å². The first-order chi connectivity index (χ1) is 21.5. The molecule has 0 saturated heterocycles. The number of fused-ring (bicyclic) bond motifs is 9. The van der Waals surface area contributed by atoms with Crippen molar-refractivity contribution in [2.24, 2.45) is 0 Å². The first-order valence-corrected chi connectivity index (χ1v) is 13.7. The van der Waals surface area contributed by atoms with Crippen LogP contribution in [-0.4, -0.2) is 52.8 Å². The van der Waals surface area contributed by atoms with E-state index >= 15 is 0 Å². The summed E-state index contributed by atoms with van der Waals surface area (Å²) < 4.78 is 0. The number of rotatable bonds is 0. The van der Waals surface area contributed by atoms with Gasteiger partial charge in [-0.05, 0) is 36.4 Å². The van der Waals surface area contributed by atoms with Gasteiger partial charge in [0.05, 0.1) is 44.5 Å². The van der Waals surface area contributed by atoms with Crippen LogP contribution in [0, 0.1) is 21.6 Å². The zero-order valence-electron chi connectivity index (χ0n) is 22.9. The van der Waals surface area contributed by atoms with Crippen LogP contribution in [0.5, 0.6) is 0 Å². The normalized spacial score (nSPS) is 13.2. The van der Waals surface area contributed by atoms with E-state index in [1.165, 1.54) is 0 Å². The first kappa shape index (κ1) is 25.3. The van der Waals surface area contributed by atoms with E-state index in [1.807, 2.05) is 97.1 Å². The lowest BCUT2D eigenvalue weighted by atomic mass is 9.88. The van der Waals surface area contributed by atoms with Gasteiger partial charge in [-0.2, -0.15) is 0 Å². The van der Waals surface area contributed by atoms with Crippen molar-refractivity contribution in [2.45, 2.75) is 0 Å². The molecule has 10 nitrogen and oxygen atoms in total. The van der Waals surface area contributed by atoms with E-state index < -0.39 is 0 Å². The average molecular weight is 569 g/mol.